The van der Waals surface area contributed by atoms with Gasteiger partial charge in [-0.25, -0.2) is 4.79 Å². The van der Waals surface area contributed by atoms with Crippen molar-refractivity contribution < 1.29 is 14.3 Å². The summed E-state index contributed by atoms with van der Waals surface area (Å²) >= 11 is 6.96. The van der Waals surface area contributed by atoms with Crippen molar-refractivity contribution in [2.75, 3.05) is 7.11 Å². The first-order valence-electron chi connectivity index (χ1n) is 11.9. The van der Waals surface area contributed by atoms with Gasteiger partial charge in [-0.1, -0.05) is 45.9 Å². The van der Waals surface area contributed by atoms with Gasteiger partial charge < -0.3 is 14.3 Å². The lowest BCUT2D eigenvalue weighted by Gasteiger charge is -2.61. The Morgan fingerprint density at radius 1 is 1.22 bits per heavy atom. The predicted molar refractivity (Wildman–Crippen MR) is 126 cm³/mol. The van der Waals surface area contributed by atoms with E-state index < -0.39 is 11.0 Å². The molecule has 0 amide bonds. The SMILES string of the molecule is CO[C@H]1C=C[C@]2(C)C3CC[C@]4(C)[C@@H](c5ccc(=O)oc5)[C@@H](Cl)C[C@]4(O)C3=CCC2C1(C)C. The minimum Gasteiger partial charge on any atom is -0.431 e. The number of ether oxygens (including phenoxy) is 1. The molecule has 174 valence electrons. The maximum Gasteiger partial charge on any atom is 0.335 e. The first kappa shape index (κ1) is 22.4. The van der Waals surface area contributed by atoms with Gasteiger partial charge in [0.25, 0.3) is 0 Å². The molecular weight excluding hydrogens is 424 g/mol. The summed E-state index contributed by atoms with van der Waals surface area (Å²) in [4.78, 5) is 11.5. The normalized spacial score (nSPS) is 46.7. The first-order valence-corrected chi connectivity index (χ1v) is 12.3. The predicted octanol–water partition coefficient (Wildman–Crippen LogP) is 5.45. The van der Waals surface area contributed by atoms with Crippen molar-refractivity contribution in [1.29, 1.82) is 0 Å². The van der Waals surface area contributed by atoms with Crippen molar-refractivity contribution in [1.82, 2.24) is 0 Å². The Hall–Kier alpha value is -1.36. The van der Waals surface area contributed by atoms with Crippen LogP contribution in [0.1, 0.15) is 64.9 Å². The second-order valence-electron chi connectivity index (χ2n) is 11.6. The number of hydrogen-bond acceptors (Lipinski definition) is 4. The summed E-state index contributed by atoms with van der Waals surface area (Å²) in [6.07, 6.45) is 11.9. The molecule has 4 aliphatic carbocycles. The van der Waals surface area contributed by atoms with E-state index in [1.807, 2.05) is 6.07 Å². The van der Waals surface area contributed by atoms with Crippen molar-refractivity contribution in [2.45, 2.75) is 76.4 Å². The Labute approximate surface area is 195 Å². The van der Waals surface area contributed by atoms with Crippen LogP contribution in [0.25, 0.3) is 0 Å². The van der Waals surface area contributed by atoms with Gasteiger partial charge in [0.2, 0.25) is 0 Å². The summed E-state index contributed by atoms with van der Waals surface area (Å²) in [7, 11) is 1.79. The Morgan fingerprint density at radius 3 is 2.62 bits per heavy atom. The summed E-state index contributed by atoms with van der Waals surface area (Å²) in [6.45, 7) is 9.19. The van der Waals surface area contributed by atoms with E-state index in [1.165, 1.54) is 17.9 Å². The third-order valence-corrected chi connectivity index (χ3v) is 10.4. The average Bonchev–Trinajstić information content (AvgIpc) is 2.94. The summed E-state index contributed by atoms with van der Waals surface area (Å²) in [5.41, 5.74) is 0.325. The van der Waals surface area contributed by atoms with Gasteiger partial charge in [0.05, 0.1) is 18.0 Å². The zero-order chi connectivity index (χ0) is 23.1. The highest BCUT2D eigenvalue weighted by atomic mass is 35.5. The molecule has 0 spiro atoms. The molecule has 0 aliphatic heterocycles. The largest absolute Gasteiger partial charge is 0.431 e. The molecule has 0 radical (unpaired) electrons. The fourth-order valence-electron chi connectivity index (χ4n) is 8.27. The molecule has 8 atom stereocenters. The number of hydrogen-bond donors (Lipinski definition) is 1. The number of rotatable bonds is 2. The average molecular weight is 459 g/mol. The summed E-state index contributed by atoms with van der Waals surface area (Å²) in [5.74, 6) is 0.658. The van der Waals surface area contributed by atoms with Gasteiger partial charge in [0.1, 0.15) is 0 Å². The highest BCUT2D eigenvalue weighted by Gasteiger charge is 2.68. The van der Waals surface area contributed by atoms with Gasteiger partial charge in [0.15, 0.2) is 0 Å². The molecule has 0 aromatic carbocycles. The molecule has 1 heterocycles. The van der Waals surface area contributed by atoms with E-state index >= 15 is 0 Å². The monoisotopic (exact) mass is 458 g/mol. The molecule has 1 aromatic heterocycles. The molecule has 5 heteroatoms. The van der Waals surface area contributed by atoms with Gasteiger partial charge >= 0.3 is 5.63 Å². The van der Waals surface area contributed by atoms with Crippen LogP contribution in [0.5, 0.6) is 0 Å². The number of allylic oxidation sites excluding steroid dienone is 2. The Kier molecular flexibility index (Phi) is 4.96. The number of methoxy groups -OCH3 is 1. The van der Waals surface area contributed by atoms with Gasteiger partial charge in [-0.3, -0.25) is 0 Å². The van der Waals surface area contributed by atoms with Crippen LogP contribution in [0.4, 0.5) is 0 Å². The quantitative estimate of drug-likeness (QED) is 0.473. The van der Waals surface area contributed by atoms with Crippen molar-refractivity contribution in [3.63, 3.8) is 0 Å². The smallest absolute Gasteiger partial charge is 0.335 e. The summed E-state index contributed by atoms with van der Waals surface area (Å²) < 4.78 is 11.0. The Morgan fingerprint density at radius 2 is 1.97 bits per heavy atom. The molecule has 4 nitrogen and oxygen atoms in total. The lowest BCUT2D eigenvalue weighted by molar-refractivity contribution is -0.105. The maximum atomic E-state index is 12.4. The van der Waals surface area contributed by atoms with Gasteiger partial charge in [-0.05, 0) is 65.6 Å². The van der Waals surface area contributed by atoms with E-state index in [1.54, 1.807) is 7.11 Å². The van der Waals surface area contributed by atoms with Crippen molar-refractivity contribution >= 4 is 11.6 Å². The van der Waals surface area contributed by atoms with Gasteiger partial charge in [0, 0.05) is 29.9 Å². The van der Waals surface area contributed by atoms with Crippen LogP contribution in [0.15, 0.2) is 51.4 Å². The van der Waals surface area contributed by atoms with Crippen LogP contribution in [0, 0.1) is 28.1 Å². The second kappa shape index (κ2) is 7.07. The van der Waals surface area contributed by atoms with Crippen LogP contribution in [0.3, 0.4) is 0 Å². The zero-order valence-corrected chi connectivity index (χ0v) is 20.5. The van der Waals surface area contributed by atoms with Crippen molar-refractivity contribution in [3.8, 4) is 0 Å². The Balaban J connectivity index is 1.58. The molecule has 1 aromatic rings. The highest BCUT2D eigenvalue weighted by Crippen LogP contribution is 2.70. The third-order valence-electron chi connectivity index (χ3n) is 9.96. The molecule has 4 aliphatic rings. The van der Waals surface area contributed by atoms with E-state index in [0.29, 0.717) is 12.3 Å². The van der Waals surface area contributed by atoms with Crippen LogP contribution in [-0.4, -0.2) is 29.3 Å². The number of alkyl halides is 1. The van der Waals surface area contributed by atoms with Gasteiger partial charge in [-0.2, -0.15) is 0 Å². The fraction of sp³-hybridized carbons (Fsp3) is 0.667. The minimum absolute atomic E-state index is 0.0124. The van der Waals surface area contributed by atoms with Gasteiger partial charge in [-0.15, -0.1) is 11.6 Å². The topological polar surface area (TPSA) is 59.7 Å². The molecule has 0 saturated heterocycles. The standard InChI is InChI=1S/C27H35ClO4/c1-24(2)20-8-7-18-17(25(20,3)12-11-21(24)31-5)10-13-26(4)23(19(28)14-27(18,26)30)16-6-9-22(29)32-15-16/h6-7,9,11-12,15,17,19-21,23,30H,8,10,13-14H2,1-5H3/t17?,19-,20?,21-,23-,25+,26+,27-/m0/s1. The van der Waals surface area contributed by atoms with Crippen LogP contribution >= 0.6 is 11.6 Å². The van der Waals surface area contributed by atoms with E-state index in [0.717, 1.165) is 24.8 Å². The second-order valence-corrected chi connectivity index (χ2v) is 12.2. The van der Waals surface area contributed by atoms with E-state index in [9.17, 15) is 9.90 Å². The van der Waals surface area contributed by atoms with E-state index in [-0.39, 0.29) is 39.8 Å². The Bertz CT molecular complexity index is 1020. The van der Waals surface area contributed by atoms with Crippen molar-refractivity contribution in [3.05, 3.63) is 58.2 Å². The molecule has 2 saturated carbocycles. The lowest BCUT2D eigenvalue weighted by atomic mass is 9.44. The van der Waals surface area contributed by atoms with Crippen molar-refractivity contribution in [2.24, 2.45) is 28.1 Å². The minimum atomic E-state index is -0.965. The van der Waals surface area contributed by atoms with Crippen LogP contribution < -0.4 is 5.63 Å². The molecule has 5 rings (SSSR count). The zero-order valence-electron chi connectivity index (χ0n) is 19.7. The number of halogens is 1. The maximum absolute atomic E-state index is 12.4. The molecule has 2 fully saturated rings. The molecular formula is C27H35ClO4. The first-order chi connectivity index (χ1) is 15.0. The fourth-order valence-corrected chi connectivity index (χ4v) is 8.92. The molecule has 32 heavy (non-hydrogen) atoms. The third kappa shape index (κ3) is 2.72. The van der Waals surface area contributed by atoms with Crippen LogP contribution in [0.2, 0.25) is 0 Å². The van der Waals surface area contributed by atoms with E-state index in [4.69, 9.17) is 20.8 Å². The van der Waals surface area contributed by atoms with E-state index in [2.05, 4.69) is 45.9 Å². The molecule has 1 N–H and O–H groups in total. The summed E-state index contributed by atoms with van der Waals surface area (Å²) in [5, 5.41) is 12.1. The van der Waals surface area contributed by atoms with Crippen LogP contribution in [-0.2, 0) is 4.74 Å². The number of fused-ring (bicyclic) bond motifs is 5. The summed E-state index contributed by atoms with van der Waals surface area (Å²) in [6, 6.07) is 3.27. The lowest BCUT2D eigenvalue weighted by Crippen LogP contribution is -2.59. The highest BCUT2D eigenvalue weighted by molar-refractivity contribution is 6.21. The molecule has 0 bridgehead atoms. The number of aliphatic hydroxyl groups is 1. The molecule has 2 unspecified atom stereocenters.